The molecule has 9 heavy (non-hydrogen) atoms. The molecule has 1 amide bonds. The number of halogens is 1. The molecule has 3 nitrogen and oxygen atoms in total. The van der Waals surface area contributed by atoms with E-state index in [2.05, 4.69) is 10.3 Å². The van der Waals surface area contributed by atoms with E-state index in [1.54, 1.807) is 0 Å². The van der Waals surface area contributed by atoms with E-state index in [1.165, 1.54) is 0 Å². The number of hydrogen-bond acceptors (Lipinski definition) is 3. The quantitative estimate of drug-likeness (QED) is 0.628. The predicted octanol–water partition coefficient (Wildman–Crippen LogP) is 0.851. The van der Waals surface area contributed by atoms with Crippen LogP contribution < -0.4 is 5.32 Å². The van der Waals surface area contributed by atoms with Gasteiger partial charge in [0.25, 0.3) is 0 Å². The number of rotatable bonds is 2. The largest absolute Gasteiger partial charge is 0.305 e. The van der Waals surface area contributed by atoms with Crippen LogP contribution in [0, 0.1) is 5.13 Å². The molecule has 48 valence electrons. The Morgan fingerprint density at radius 1 is 1.89 bits per heavy atom. The third-order valence-electron chi connectivity index (χ3n) is 0.660. The maximum absolute atomic E-state index is 12.1. The van der Waals surface area contributed by atoms with Crippen LogP contribution in [-0.4, -0.2) is 11.4 Å². The van der Waals surface area contributed by atoms with E-state index in [1.807, 2.05) is 0 Å². The molecule has 0 radical (unpaired) electrons. The van der Waals surface area contributed by atoms with Crippen LogP contribution in [0.5, 0.6) is 0 Å². The van der Waals surface area contributed by atoms with Gasteiger partial charge in [0.15, 0.2) is 10.3 Å². The Kier molecular flexibility index (Phi) is 1.74. The van der Waals surface area contributed by atoms with Gasteiger partial charge in [-0.3, -0.25) is 4.79 Å². The summed E-state index contributed by atoms with van der Waals surface area (Å²) in [5.74, 6) is 0. The summed E-state index contributed by atoms with van der Waals surface area (Å²) < 4.78 is 12.1. The van der Waals surface area contributed by atoms with Crippen molar-refractivity contribution >= 4 is 22.9 Å². The lowest BCUT2D eigenvalue weighted by Crippen LogP contribution is -1.90. The van der Waals surface area contributed by atoms with E-state index in [9.17, 15) is 9.18 Å². The number of hydrogen-bond donors (Lipinski definition) is 1. The van der Waals surface area contributed by atoms with Gasteiger partial charge in [0.2, 0.25) is 6.41 Å². The smallest absolute Gasteiger partial charge is 0.213 e. The molecule has 0 unspecified atom stereocenters. The van der Waals surface area contributed by atoms with Crippen molar-refractivity contribution in [2.75, 3.05) is 5.32 Å². The Morgan fingerprint density at radius 2 is 2.67 bits per heavy atom. The molecule has 0 aliphatic rings. The van der Waals surface area contributed by atoms with E-state index in [0.29, 0.717) is 6.41 Å². The molecule has 0 saturated carbocycles. The van der Waals surface area contributed by atoms with E-state index in [0.717, 1.165) is 17.5 Å². The Labute approximate surface area is 54.5 Å². The molecule has 1 rings (SSSR count). The lowest BCUT2D eigenvalue weighted by Gasteiger charge is -1.82. The Hall–Kier alpha value is -0.970. The van der Waals surface area contributed by atoms with Gasteiger partial charge in [-0.2, -0.15) is 4.39 Å². The van der Waals surface area contributed by atoms with Crippen LogP contribution >= 0.6 is 11.3 Å². The summed E-state index contributed by atoms with van der Waals surface area (Å²) in [5, 5.41) is 2.09. The van der Waals surface area contributed by atoms with Gasteiger partial charge >= 0.3 is 0 Å². The molecule has 1 heterocycles. The minimum absolute atomic E-state index is 0.280. The van der Waals surface area contributed by atoms with Crippen LogP contribution in [0.1, 0.15) is 0 Å². The lowest BCUT2D eigenvalue weighted by atomic mass is 10.9. The highest BCUT2D eigenvalue weighted by Gasteiger charge is 1.96. The zero-order valence-electron chi connectivity index (χ0n) is 4.30. The topological polar surface area (TPSA) is 42.0 Å². The Morgan fingerprint density at radius 3 is 3.11 bits per heavy atom. The van der Waals surface area contributed by atoms with Gasteiger partial charge in [-0.05, 0) is 0 Å². The van der Waals surface area contributed by atoms with Crippen molar-refractivity contribution in [2.45, 2.75) is 0 Å². The summed E-state index contributed by atoms with van der Waals surface area (Å²) in [4.78, 5) is 13.2. The summed E-state index contributed by atoms with van der Waals surface area (Å²) in [6, 6.07) is 0. The molecule has 5 heteroatoms. The van der Waals surface area contributed by atoms with E-state index < -0.39 is 5.13 Å². The van der Waals surface area contributed by atoms with Gasteiger partial charge in [-0.15, -0.1) is 0 Å². The number of nitrogens with one attached hydrogen (secondary N) is 1. The molecule has 0 atom stereocenters. The predicted molar refractivity (Wildman–Crippen MR) is 31.8 cm³/mol. The molecule has 1 aromatic rings. The van der Waals surface area contributed by atoms with Crippen molar-refractivity contribution in [3.63, 3.8) is 0 Å². The maximum Gasteiger partial charge on any atom is 0.213 e. The normalized spacial score (nSPS) is 9.00. The van der Waals surface area contributed by atoms with Crippen LogP contribution in [0.25, 0.3) is 0 Å². The fourth-order valence-electron chi connectivity index (χ4n) is 0.372. The van der Waals surface area contributed by atoms with Gasteiger partial charge < -0.3 is 5.32 Å². The average molecular weight is 146 g/mol. The molecule has 0 aliphatic heterocycles. The molecule has 0 bridgehead atoms. The summed E-state index contributed by atoms with van der Waals surface area (Å²) in [6.45, 7) is 0. The standard InChI is InChI=1S/C4H3FN2OS/c5-3-1-6-4(9-3)7-2-8/h1-2H,(H,6,7,8). The van der Waals surface area contributed by atoms with Crippen LogP contribution in [0.3, 0.4) is 0 Å². The van der Waals surface area contributed by atoms with Crippen LogP contribution in [0.15, 0.2) is 6.20 Å². The lowest BCUT2D eigenvalue weighted by molar-refractivity contribution is -0.105. The average Bonchev–Trinajstić information content (AvgIpc) is 2.17. The second-order valence-corrected chi connectivity index (χ2v) is 2.21. The van der Waals surface area contributed by atoms with Gasteiger partial charge in [-0.1, -0.05) is 11.3 Å². The van der Waals surface area contributed by atoms with Crippen LogP contribution in [0.4, 0.5) is 9.52 Å². The molecule has 1 N–H and O–H groups in total. The SMILES string of the molecule is O=CNc1ncc(F)s1. The summed E-state index contributed by atoms with van der Waals surface area (Å²) in [7, 11) is 0. The first-order valence-electron chi connectivity index (χ1n) is 2.14. The highest BCUT2D eigenvalue weighted by atomic mass is 32.1. The number of nitrogens with zero attached hydrogens (tertiary/aromatic N) is 1. The zero-order chi connectivity index (χ0) is 6.69. The summed E-state index contributed by atoms with van der Waals surface area (Å²) in [5.41, 5.74) is 0. The highest BCUT2D eigenvalue weighted by molar-refractivity contribution is 7.14. The monoisotopic (exact) mass is 146 g/mol. The third-order valence-corrected chi connectivity index (χ3v) is 1.38. The summed E-state index contributed by atoms with van der Waals surface area (Å²) >= 11 is 0.792. The van der Waals surface area contributed by atoms with Gasteiger partial charge in [-0.25, -0.2) is 4.98 Å². The molecule has 0 aliphatic carbocycles. The first-order chi connectivity index (χ1) is 4.33. The number of carbonyl (C=O) groups excluding carboxylic acids is 1. The number of thiazole rings is 1. The van der Waals surface area contributed by atoms with E-state index in [4.69, 9.17) is 0 Å². The molecular formula is C4H3FN2OS. The first kappa shape index (κ1) is 6.15. The van der Waals surface area contributed by atoms with Crippen molar-refractivity contribution in [3.05, 3.63) is 11.3 Å². The number of carbonyl (C=O) groups is 1. The fourth-order valence-corrected chi connectivity index (χ4v) is 0.874. The minimum atomic E-state index is -0.403. The van der Waals surface area contributed by atoms with E-state index >= 15 is 0 Å². The Bertz CT molecular complexity index is 212. The summed E-state index contributed by atoms with van der Waals surface area (Å²) in [6.07, 6.45) is 1.51. The zero-order valence-corrected chi connectivity index (χ0v) is 5.11. The van der Waals surface area contributed by atoms with Gasteiger partial charge in [0.05, 0.1) is 6.20 Å². The molecule has 0 aromatic carbocycles. The van der Waals surface area contributed by atoms with Gasteiger partial charge in [0, 0.05) is 0 Å². The number of aromatic nitrogens is 1. The molecular weight excluding hydrogens is 143 g/mol. The first-order valence-corrected chi connectivity index (χ1v) is 2.96. The molecule has 0 spiro atoms. The van der Waals surface area contributed by atoms with Crippen LogP contribution in [0.2, 0.25) is 0 Å². The van der Waals surface area contributed by atoms with E-state index in [-0.39, 0.29) is 5.13 Å². The molecule has 0 fully saturated rings. The third kappa shape index (κ3) is 1.46. The molecule has 0 saturated heterocycles. The second-order valence-electron chi connectivity index (χ2n) is 1.23. The fraction of sp³-hybridized carbons (Fsp3) is 0. The Balaban J connectivity index is 2.72. The maximum atomic E-state index is 12.1. The minimum Gasteiger partial charge on any atom is -0.305 e. The van der Waals surface area contributed by atoms with Crippen molar-refractivity contribution in [3.8, 4) is 0 Å². The second kappa shape index (κ2) is 2.54. The van der Waals surface area contributed by atoms with Crippen molar-refractivity contribution in [2.24, 2.45) is 0 Å². The van der Waals surface area contributed by atoms with Gasteiger partial charge in [0.1, 0.15) is 0 Å². The number of amides is 1. The van der Waals surface area contributed by atoms with Crippen molar-refractivity contribution < 1.29 is 9.18 Å². The number of anilines is 1. The van der Waals surface area contributed by atoms with Crippen LogP contribution in [-0.2, 0) is 4.79 Å². The van der Waals surface area contributed by atoms with Crippen molar-refractivity contribution in [1.82, 2.24) is 4.98 Å². The molecule has 1 aromatic heterocycles. The highest BCUT2D eigenvalue weighted by Crippen LogP contribution is 2.14. The van der Waals surface area contributed by atoms with Crippen molar-refractivity contribution in [1.29, 1.82) is 0 Å².